The van der Waals surface area contributed by atoms with Crippen molar-refractivity contribution >= 4 is 11.9 Å². The standard InChI is InChI=1S/C18H20N2O4/c1-11-14(12(2)24-19-11)8-17(21)20-9-15(16(10-20)18(22)23)13-6-4-3-5-7-13/h3-7,15-16H,8-10H2,1-2H3,(H,22,23)/t15-,16+/m1/s1. The number of carbonyl (C=O) groups is 2. The van der Waals surface area contributed by atoms with Crippen molar-refractivity contribution < 1.29 is 19.2 Å². The summed E-state index contributed by atoms with van der Waals surface area (Å²) in [4.78, 5) is 25.9. The van der Waals surface area contributed by atoms with E-state index in [2.05, 4.69) is 5.16 Å². The van der Waals surface area contributed by atoms with Gasteiger partial charge in [-0.15, -0.1) is 0 Å². The second-order valence-corrected chi connectivity index (χ2v) is 6.24. The van der Waals surface area contributed by atoms with E-state index in [9.17, 15) is 14.7 Å². The monoisotopic (exact) mass is 328 g/mol. The molecule has 1 N–H and O–H groups in total. The van der Waals surface area contributed by atoms with E-state index >= 15 is 0 Å². The number of aliphatic carboxylic acids is 1. The van der Waals surface area contributed by atoms with Gasteiger partial charge in [-0.05, 0) is 19.4 Å². The van der Waals surface area contributed by atoms with E-state index in [1.165, 1.54) is 0 Å². The molecule has 1 aliphatic heterocycles. The van der Waals surface area contributed by atoms with Gasteiger partial charge < -0.3 is 14.5 Å². The zero-order valence-electron chi connectivity index (χ0n) is 13.7. The fourth-order valence-electron chi connectivity index (χ4n) is 3.31. The number of carboxylic acid groups (broad SMARTS) is 1. The predicted molar refractivity (Wildman–Crippen MR) is 86.6 cm³/mol. The van der Waals surface area contributed by atoms with Crippen LogP contribution in [0, 0.1) is 19.8 Å². The Bertz CT molecular complexity index is 734. The summed E-state index contributed by atoms with van der Waals surface area (Å²) < 4.78 is 5.09. The van der Waals surface area contributed by atoms with Crippen molar-refractivity contribution in [3.8, 4) is 0 Å². The molecule has 3 rings (SSSR count). The van der Waals surface area contributed by atoms with Crippen molar-refractivity contribution in [2.24, 2.45) is 5.92 Å². The summed E-state index contributed by atoms with van der Waals surface area (Å²) in [6, 6.07) is 9.52. The minimum absolute atomic E-state index is 0.0888. The summed E-state index contributed by atoms with van der Waals surface area (Å²) in [7, 11) is 0. The van der Waals surface area contributed by atoms with Crippen LogP contribution in [0.15, 0.2) is 34.9 Å². The molecule has 1 aromatic heterocycles. The molecule has 6 heteroatoms. The molecule has 2 heterocycles. The largest absolute Gasteiger partial charge is 0.481 e. The molecule has 2 atom stereocenters. The summed E-state index contributed by atoms with van der Waals surface area (Å²) in [6.07, 6.45) is 0.189. The number of carboxylic acids is 1. The van der Waals surface area contributed by atoms with Gasteiger partial charge in [-0.25, -0.2) is 0 Å². The first-order valence-electron chi connectivity index (χ1n) is 7.94. The van der Waals surface area contributed by atoms with E-state index in [0.717, 1.165) is 11.1 Å². The third kappa shape index (κ3) is 3.04. The average Bonchev–Trinajstić information content (AvgIpc) is 3.15. The number of nitrogens with zero attached hydrogens (tertiary/aromatic N) is 2. The van der Waals surface area contributed by atoms with Crippen LogP contribution in [-0.2, 0) is 16.0 Å². The van der Waals surface area contributed by atoms with Crippen LogP contribution in [0.3, 0.4) is 0 Å². The Morgan fingerprint density at radius 3 is 2.54 bits per heavy atom. The summed E-state index contributed by atoms with van der Waals surface area (Å²) in [6.45, 7) is 4.23. The number of hydrogen-bond acceptors (Lipinski definition) is 4. The topological polar surface area (TPSA) is 83.6 Å². The molecule has 0 radical (unpaired) electrons. The maximum absolute atomic E-state index is 12.6. The van der Waals surface area contributed by atoms with Crippen LogP contribution < -0.4 is 0 Å². The smallest absolute Gasteiger partial charge is 0.308 e. The van der Waals surface area contributed by atoms with E-state index in [0.29, 0.717) is 18.0 Å². The number of aromatic nitrogens is 1. The molecule has 6 nitrogen and oxygen atoms in total. The van der Waals surface area contributed by atoms with Crippen LogP contribution >= 0.6 is 0 Å². The number of hydrogen-bond donors (Lipinski definition) is 1. The summed E-state index contributed by atoms with van der Waals surface area (Å²) in [5.41, 5.74) is 2.45. The molecular formula is C18H20N2O4. The lowest BCUT2D eigenvalue weighted by atomic mass is 9.89. The molecule has 1 aromatic carbocycles. The first-order valence-corrected chi connectivity index (χ1v) is 7.94. The van der Waals surface area contributed by atoms with Gasteiger partial charge >= 0.3 is 5.97 Å². The van der Waals surface area contributed by atoms with Crippen molar-refractivity contribution in [2.75, 3.05) is 13.1 Å². The first-order chi connectivity index (χ1) is 11.5. The minimum Gasteiger partial charge on any atom is -0.481 e. The van der Waals surface area contributed by atoms with Crippen LogP contribution in [0.5, 0.6) is 0 Å². The second kappa shape index (κ2) is 6.47. The molecule has 0 aliphatic carbocycles. The number of benzene rings is 1. The third-order valence-electron chi connectivity index (χ3n) is 4.73. The van der Waals surface area contributed by atoms with Crippen molar-refractivity contribution in [2.45, 2.75) is 26.2 Å². The fourth-order valence-corrected chi connectivity index (χ4v) is 3.31. The van der Waals surface area contributed by atoms with Crippen molar-refractivity contribution in [1.82, 2.24) is 10.1 Å². The maximum Gasteiger partial charge on any atom is 0.308 e. The zero-order valence-corrected chi connectivity index (χ0v) is 13.7. The molecule has 126 valence electrons. The molecule has 1 saturated heterocycles. The lowest BCUT2D eigenvalue weighted by Crippen LogP contribution is -2.31. The Kier molecular flexibility index (Phi) is 4.38. The Balaban J connectivity index is 1.78. The highest BCUT2D eigenvalue weighted by Gasteiger charge is 2.40. The summed E-state index contributed by atoms with van der Waals surface area (Å²) in [5.74, 6) is -1.08. The minimum atomic E-state index is -0.864. The van der Waals surface area contributed by atoms with Gasteiger partial charge in [-0.1, -0.05) is 35.5 Å². The van der Waals surface area contributed by atoms with Crippen LogP contribution in [-0.4, -0.2) is 40.1 Å². The highest BCUT2D eigenvalue weighted by Crippen LogP contribution is 2.33. The molecule has 0 saturated carbocycles. The van der Waals surface area contributed by atoms with Gasteiger partial charge in [0.2, 0.25) is 5.91 Å². The first kappa shape index (κ1) is 16.2. The van der Waals surface area contributed by atoms with Crippen LogP contribution in [0.2, 0.25) is 0 Å². The predicted octanol–water partition coefficient (Wildman–Crippen LogP) is 2.16. The van der Waals surface area contributed by atoms with Gasteiger partial charge in [-0.2, -0.15) is 0 Å². The van der Waals surface area contributed by atoms with Gasteiger partial charge in [0.25, 0.3) is 0 Å². The fraction of sp³-hybridized carbons (Fsp3) is 0.389. The Morgan fingerprint density at radius 1 is 1.25 bits per heavy atom. The van der Waals surface area contributed by atoms with Crippen LogP contribution in [0.1, 0.15) is 28.5 Å². The normalized spacial score (nSPS) is 20.3. The molecule has 0 unspecified atom stereocenters. The Labute approximate surface area is 140 Å². The highest BCUT2D eigenvalue weighted by molar-refractivity contribution is 5.81. The molecule has 1 amide bonds. The van der Waals surface area contributed by atoms with Crippen molar-refractivity contribution in [1.29, 1.82) is 0 Å². The summed E-state index contributed by atoms with van der Waals surface area (Å²) in [5, 5.41) is 13.4. The van der Waals surface area contributed by atoms with Crippen LogP contribution in [0.25, 0.3) is 0 Å². The van der Waals surface area contributed by atoms with Crippen molar-refractivity contribution in [3.05, 3.63) is 52.9 Å². The molecular weight excluding hydrogens is 308 g/mol. The summed E-state index contributed by atoms with van der Waals surface area (Å²) >= 11 is 0. The number of likely N-dealkylation sites (tertiary alicyclic amines) is 1. The average molecular weight is 328 g/mol. The number of rotatable bonds is 4. The van der Waals surface area contributed by atoms with Gasteiger partial charge in [0.1, 0.15) is 5.76 Å². The number of amides is 1. The second-order valence-electron chi connectivity index (χ2n) is 6.24. The van der Waals surface area contributed by atoms with Gasteiger partial charge in [-0.3, -0.25) is 9.59 Å². The number of carbonyl (C=O) groups excluding carboxylic acids is 1. The van der Waals surface area contributed by atoms with Gasteiger partial charge in [0.15, 0.2) is 0 Å². The van der Waals surface area contributed by atoms with E-state index in [1.54, 1.807) is 18.7 Å². The third-order valence-corrected chi connectivity index (χ3v) is 4.73. The highest BCUT2D eigenvalue weighted by atomic mass is 16.5. The molecule has 0 spiro atoms. The Hall–Kier alpha value is -2.63. The Morgan fingerprint density at radius 2 is 1.96 bits per heavy atom. The van der Waals surface area contributed by atoms with E-state index in [4.69, 9.17) is 4.52 Å². The molecule has 24 heavy (non-hydrogen) atoms. The van der Waals surface area contributed by atoms with E-state index < -0.39 is 11.9 Å². The molecule has 1 aliphatic rings. The van der Waals surface area contributed by atoms with Crippen LogP contribution in [0.4, 0.5) is 0 Å². The van der Waals surface area contributed by atoms with Gasteiger partial charge in [0, 0.05) is 24.6 Å². The SMILES string of the molecule is Cc1noc(C)c1CC(=O)N1C[C@H](C(=O)O)[C@@H](c2ccccc2)C1. The quantitative estimate of drug-likeness (QED) is 0.930. The molecule has 1 fully saturated rings. The molecule has 0 bridgehead atoms. The lowest BCUT2D eigenvalue weighted by Gasteiger charge is -2.16. The molecule has 2 aromatic rings. The lowest BCUT2D eigenvalue weighted by molar-refractivity contribution is -0.141. The maximum atomic E-state index is 12.6. The van der Waals surface area contributed by atoms with Gasteiger partial charge in [0.05, 0.1) is 18.0 Å². The van der Waals surface area contributed by atoms with E-state index in [-0.39, 0.29) is 24.8 Å². The van der Waals surface area contributed by atoms with E-state index in [1.807, 2.05) is 30.3 Å². The zero-order chi connectivity index (χ0) is 17.3. The number of aryl methyl sites for hydroxylation is 2. The van der Waals surface area contributed by atoms with Crippen molar-refractivity contribution in [3.63, 3.8) is 0 Å².